The van der Waals surface area contributed by atoms with Gasteiger partial charge in [0.25, 0.3) is 5.91 Å². The van der Waals surface area contributed by atoms with Gasteiger partial charge in [0.2, 0.25) is 0 Å². The molecule has 3 amide bonds. The summed E-state index contributed by atoms with van der Waals surface area (Å²) in [5.74, 6) is -1.27. The van der Waals surface area contributed by atoms with Crippen LogP contribution in [0.1, 0.15) is 34.7 Å². The average Bonchev–Trinajstić information content (AvgIpc) is 2.90. The van der Waals surface area contributed by atoms with Gasteiger partial charge in [0.05, 0.1) is 13.3 Å². The molecule has 0 spiro atoms. The summed E-state index contributed by atoms with van der Waals surface area (Å²) in [6, 6.07) is 16.2. The number of ether oxygens (including phenoxy) is 2. The molecule has 0 atom stereocenters. The Labute approximate surface area is 222 Å². The van der Waals surface area contributed by atoms with Gasteiger partial charge in [-0.15, -0.1) is 0 Å². The number of hydrogen-bond acceptors (Lipinski definition) is 6. The fourth-order valence-corrected chi connectivity index (χ4v) is 3.93. The molecule has 0 aromatic heterocycles. The van der Waals surface area contributed by atoms with E-state index in [-0.39, 0.29) is 12.5 Å². The van der Waals surface area contributed by atoms with Crippen molar-refractivity contribution >= 4 is 35.3 Å². The van der Waals surface area contributed by atoms with Gasteiger partial charge in [0.1, 0.15) is 0 Å². The second kappa shape index (κ2) is 13.0. The highest BCUT2D eigenvalue weighted by Crippen LogP contribution is 2.28. The first-order valence-corrected chi connectivity index (χ1v) is 12.1. The molecular formula is C29H32N4O5. The highest BCUT2D eigenvalue weighted by atomic mass is 16.5. The molecule has 38 heavy (non-hydrogen) atoms. The van der Waals surface area contributed by atoms with Gasteiger partial charge in [-0.1, -0.05) is 42.8 Å². The van der Waals surface area contributed by atoms with Crippen molar-refractivity contribution in [3.05, 3.63) is 82.4 Å². The topological polar surface area (TPSA) is 118 Å². The van der Waals surface area contributed by atoms with Gasteiger partial charge >= 0.3 is 11.8 Å². The monoisotopic (exact) mass is 516 g/mol. The number of benzene rings is 3. The van der Waals surface area contributed by atoms with Gasteiger partial charge in [-0.3, -0.25) is 14.4 Å². The summed E-state index contributed by atoms with van der Waals surface area (Å²) in [6.07, 6.45) is 2.08. The number of para-hydroxylation sites is 1. The first-order valence-electron chi connectivity index (χ1n) is 12.1. The molecule has 3 aromatic carbocycles. The van der Waals surface area contributed by atoms with E-state index in [0.29, 0.717) is 29.2 Å². The second-order valence-corrected chi connectivity index (χ2v) is 8.68. The zero-order valence-corrected chi connectivity index (χ0v) is 22.2. The van der Waals surface area contributed by atoms with Crippen LogP contribution in [0.4, 0.5) is 11.4 Å². The van der Waals surface area contributed by atoms with E-state index < -0.39 is 11.8 Å². The van der Waals surface area contributed by atoms with E-state index in [1.807, 2.05) is 52.0 Å². The third kappa shape index (κ3) is 7.42. The summed E-state index contributed by atoms with van der Waals surface area (Å²) in [5, 5.41) is 9.33. The summed E-state index contributed by atoms with van der Waals surface area (Å²) < 4.78 is 11.0. The molecule has 0 heterocycles. The van der Waals surface area contributed by atoms with Crippen molar-refractivity contribution in [2.24, 2.45) is 5.10 Å². The third-order valence-electron chi connectivity index (χ3n) is 5.72. The predicted octanol–water partition coefficient (Wildman–Crippen LogP) is 4.29. The molecule has 0 saturated carbocycles. The van der Waals surface area contributed by atoms with E-state index in [9.17, 15) is 14.4 Å². The lowest BCUT2D eigenvalue weighted by Gasteiger charge is -2.14. The van der Waals surface area contributed by atoms with E-state index >= 15 is 0 Å². The molecule has 0 radical (unpaired) electrons. The van der Waals surface area contributed by atoms with Crippen molar-refractivity contribution in [2.75, 3.05) is 24.4 Å². The van der Waals surface area contributed by atoms with Gasteiger partial charge < -0.3 is 20.1 Å². The summed E-state index contributed by atoms with van der Waals surface area (Å²) in [5.41, 5.74) is 8.15. The van der Waals surface area contributed by atoms with Crippen LogP contribution in [-0.2, 0) is 20.8 Å². The van der Waals surface area contributed by atoms with Crippen LogP contribution < -0.4 is 25.5 Å². The molecule has 0 aliphatic carbocycles. The third-order valence-corrected chi connectivity index (χ3v) is 5.72. The Balaban J connectivity index is 1.56. The van der Waals surface area contributed by atoms with E-state index in [0.717, 1.165) is 27.9 Å². The zero-order valence-electron chi connectivity index (χ0n) is 22.2. The number of hydrogen-bond donors (Lipinski definition) is 3. The number of aryl methyl sites for hydroxylation is 4. The zero-order chi connectivity index (χ0) is 27.7. The minimum absolute atomic E-state index is 0.205. The maximum Gasteiger partial charge on any atom is 0.329 e. The van der Waals surface area contributed by atoms with Gasteiger partial charge in [-0.25, -0.2) is 5.43 Å². The van der Waals surface area contributed by atoms with Crippen molar-refractivity contribution < 1.29 is 23.9 Å². The first-order chi connectivity index (χ1) is 18.2. The molecule has 3 N–H and O–H groups in total. The first kappa shape index (κ1) is 27.9. The average molecular weight is 517 g/mol. The van der Waals surface area contributed by atoms with Gasteiger partial charge in [0, 0.05) is 11.4 Å². The van der Waals surface area contributed by atoms with Gasteiger partial charge in [0.15, 0.2) is 18.1 Å². The van der Waals surface area contributed by atoms with Crippen LogP contribution in [0.25, 0.3) is 0 Å². The van der Waals surface area contributed by atoms with Crippen molar-refractivity contribution in [3.63, 3.8) is 0 Å². The molecule has 198 valence electrons. The minimum Gasteiger partial charge on any atom is -0.493 e. The molecule has 0 bridgehead atoms. The summed E-state index contributed by atoms with van der Waals surface area (Å²) in [7, 11) is 1.47. The number of nitrogens with zero attached hydrogens (tertiary/aromatic N) is 1. The number of anilines is 2. The molecule has 3 aromatic rings. The van der Waals surface area contributed by atoms with Crippen LogP contribution in [0, 0.1) is 20.8 Å². The smallest absolute Gasteiger partial charge is 0.329 e. The van der Waals surface area contributed by atoms with Crippen LogP contribution in [0.15, 0.2) is 59.7 Å². The number of amides is 3. The van der Waals surface area contributed by atoms with Crippen molar-refractivity contribution in [3.8, 4) is 11.5 Å². The molecular weight excluding hydrogens is 484 g/mol. The van der Waals surface area contributed by atoms with Gasteiger partial charge in [-0.05, 0) is 73.7 Å². The van der Waals surface area contributed by atoms with Crippen molar-refractivity contribution in [1.82, 2.24) is 5.43 Å². The Morgan fingerprint density at radius 3 is 2.29 bits per heavy atom. The number of carbonyl (C=O) groups is 3. The lowest BCUT2D eigenvalue weighted by molar-refractivity contribution is -0.136. The minimum atomic E-state index is -0.899. The Bertz CT molecular complexity index is 1340. The highest BCUT2D eigenvalue weighted by Gasteiger charge is 2.15. The number of methoxy groups -OCH3 is 1. The molecule has 0 unspecified atom stereocenters. The lowest BCUT2D eigenvalue weighted by Crippen LogP contribution is -2.32. The normalized spacial score (nSPS) is 10.7. The van der Waals surface area contributed by atoms with E-state index in [1.165, 1.54) is 13.3 Å². The molecule has 9 nitrogen and oxygen atoms in total. The Morgan fingerprint density at radius 1 is 0.895 bits per heavy atom. The summed E-state index contributed by atoms with van der Waals surface area (Å²) in [4.78, 5) is 36.8. The van der Waals surface area contributed by atoms with Crippen molar-refractivity contribution in [1.29, 1.82) is 0 Å². The lowest BCUT2D eigenvalue weighted by atomic mass is 10.1. The number of rotatable bonds is 9. The largest absolute Gasteiger partial charge is 0.493 e. The predicted molar refractivity (Wildman–Crippen MR) is 148 cm³/mol. The van der Waals surface area contributed by atoms with E-state index in [4.69, 9.17) is 9.47 Å². The quantitative estimate of drug-likeness (QED) is 0.223. The number of nitrogens with one attached hydrogen (secondary N) is 3. The van der Waals surface area contributed by atoms with Crippen LogP contribution in [0.3, 0.4) is 0 Å². The number of carbonyl (C=O) groups excluding carboxylic acids is 3. The molecule has 0 aliphatic rings. The van der Waals surface area contributed by atoms with Crippen LogP contribution in [0.5, 0.6) is 11.5 Å². The Kier molecular flexibility index (Phi) is 9.59. The maximum absolute atomic E-state index is 12.5. The SMILES string of the molecule is CCc1ccccc1NC(=O)C(=O)N/N=C\c1ccc(OCC(=O)Nc2c(C)cc(C)cc2C)c(OC)c1. The maximum atomic E-state index is 12.5. The fraction of sp³-hybridized carbons (Fsp3) is 0.241. The molecule has 0 saturated heterocycles. The second-order valence-electron chi connectivity index (χ2n) is 8.68. The molecule has 0 aliphatic heterocycles. The van der Waals surface area contributed by atoms with Crippen LogP contribution >= 0.6 is 0 Å². The summed E-state index contributed by atoms with van der Waals surface area (Å²) in [6.45, 7) is 7.65. The molecule has 0 fully saturated rings. The standard InChI is InChI=1S/C29H32N4O5/c1-6-22-9-7-8-10-23(22)31-28(35)29(36)33-30-16-21-11-12-24(25(15-21)37-5)38-17-26(34)32-27-19(3)13-18(2)14-20(27)4/h7-16H,6,17H2,1-5H3,(H,31,35)(H,32,34)(H,33,36)/b30-16-. The molecule has 9 heteroatoms. The number of hydrazone groups is 1. The van der Waals surface area contributed by atoms with Crippen LogP contribution in [-0.4, -0.2) is 37.7 Å². The summed E-state index contributed by atoms with van der Waals surface area (Å²) >= 11 is 0. The van der Waals surface area contributed by atoms with E-state index in [2.05, 4.69) is 21.2 Å². The Hall–Kier alpha value is -4.66. The Morgan fingerprint density at radius 2 is 1.61 bits per heavy atom. The van der Waals surface area contributed by atoms with E-state index in [1.54, 1.807) is 30.3 Å². The van der Waals surface area contributed by atoms with Crippen LogP contribution in [0.2, 0.25) is 0 Å². The van der Waals surface area contributed by atoms with Gasteiger partial charge in [-0.2, -0.15) is 5.10 Å². The fourth-order valence-electron chi connectivity index (χ4n) is 3.93. The van der Waals surface area contributed by atoms with Crippen molar-refractivity contribution in [2.45, 2.75) is 34.1 Å². The molecule has 3 rings (SSSR count). The highest BCUT2D eigenvalue weighted by molar-refractivity contribution is 6.39.